The normalized spacial score (nSPS) is 18.0. The number of para-hydroxylation sites is 2. The maximum absolute atomic E-state index is 12.6. The van der Waals surface area contributed by atoms with Crippen LogP contribution in [0.2, 0.25) is 0 Å². The van der Waals surface area contributed by atoms with E-state index in [9.17, 15) is 4.79 Å². The van der Waals surface area contributed by atoms with Crippen LogP contribution in [0.15, 0.2) is 54.6 Å². The first-order valence-corrected chi connectivity index (χ1v) is 8.56. The van der Waals surface area contributed by atoms with Gasteiger partial charge in [-0.2, -0.15) is 0 Å². The largest absolute Gasteiger partial charge is 0.342 e. The van der Waals surface area contributed by atoms with Gasteiger partial charge in [0.15, 0.2) is 0 Å². The summed E-state index contributed by atoms with van der Waals surface area (Å²) in [5.74, 6) is 1.52. The predicted octanol–water partition coefficient (Wildman–Crippen LogP) is 3.51. The molecule has 24 heavy (non-hydrogen) atoms. The standard InChI is InChI=1S/C20H21N3O/c24-19(13-15-7-2-1-3-8-15)23-12-6-9-16(14-23)20-21-17-10-4-5-11-18(17)22-20/h1-5,7-8,10-11,16H,6,9,12-14H2,(H,21,22). The molecule has 1 aliphatic heterocycles. The van der Waals surface area contributed by atoms with Crippen LogP contribution in [-0.2, 0) is 11.2 Å². The second-order valence-corrected chi connectivity index (χ2v) is 6.48. The third-order valence-corrected chi connectivity index (χ3v) is 4.77. The fourth-order valence-electron chi connectivity index (χ4n) is 3.48. The molecule has 1 aliphatic rings. The summed E-state index contributed by atoms with van der Waals surface area (Å²) < 4.78 is 0. The van der Waals surface area contributed by atoms with E-state index < -0.39 is 0 Å². The second-order valence-electron chi connectivity index (χ2n) is 6.48. The Labute approximate surface area is 141 Å². The number of nitrogens with zero attached hydrogens (tertiary/aromatic N) is 2. The monoisotopic (exact) mass is 319 g/mol. The lowest BCUT2D eigenvalue weighted by Crippen LogP contribution is -2.40. The molecule has 0 radical (unpaired) electrons. The number of benzene rings is 2. The van der Waals surface area contributed by atoms with Gasteiger partial charge in [-0.1, -0.05) is 42.5 Å². The molecule has 1 amide bonds. The van der Waals surface area contributed by atoms with Crippen LogP contribution in [0.4, 0.5) is 0 Å². The van der Waals surface area contributed by atoms with E-state index in [-0.39, 0.29) is 5.91 Å². The summed E-state index contributed by atoms with van der Waals surface area (Å²) in [6.07, 6.45) is 2.59. The second kappa shape index (κ2) is 6.48. The first-order valence-electron chi connectivity index (χ1n) is 8.56. The molecule has 1 fully saturated rings. The molecule has 0 spiro atoms. The lowest BCUT2D eigenvalue weighted by molar-refractivity contribution is -0.131. The lowest BCUT2D eigenvalue weighted by atomic mass is 9.96. The van der Waals surface area contributed by atoms with Crippen molar-refractivity contribution < 1.29 is 4.79 Å². The highest BCUT2D eigenvalue weighted by atomic mass is 16.2. The Morgan fingerprint density at radius 2 is 1.92 bits per heavy atom. The van der Waals surface area contributed by atoms with E-state index in [2.05, 4.69) is 4.98 Å². The molecule has 4 heteroatoms. The van der Waals surface area contributed by atoms with Gasteiger partial charge in [-0.25, -0.2) is 4.98 Å². The summed E-state index contributed by atoms with van der Waals surface area (Å²) in [4.78, 5) is 22.8. The lowest BCUT2D eigenvalue weighted by Gasteiger charge is -2.32. The number of likely N-dealkylation sites (tertiary alicyclic amines) is 1. The summed E-state index contributed by atoms with van der Waals surface area (Å²) in [5, 5.41) is 0. The molecule has 4 rings (SSSR count). The Morgan fingerprint density at radius 1 is 1.12 bits per heavy atom. The summed E-state index contributed by atoms with van der Waals surface area (Å²) in [6, 6.07) is 18.1. The van der Waals surface area contributed by atoms with Gasteiger partial charge in [-0.3, -0.25) is 4.79 Å². The van der Waals surface area contributed by atoms with Gasteiger partial charge in [0.05, 0.1) is 17.5 Å². The number of H-pyrrole nitrogens is 1. The van der Waals surface area contributed by atoms with Gasteiger partial charge in [0.25, 0.3) is 0 Å². The minimum atomic E-state index is 0.210. The molecule has 1 unspecified atom stereocenters. The van der Waals surface area contributed by atoms with Crippen molar-refractivity contribution in [2.24, 2.45) is 0 Å². The number of nitrogens with one attached hydrogen (secondary N) is 1. The Bertz CT molecular complexity index is 807. The van der Waals surface area contributed by atoms with Gasteiger partial charge in [-0.05, 0) is 30.5 Å². The van der Waals surface area contributed by atoms with Crippen LogP contribution >= 0.6 is 0 Å². The van der Waals surface area contributed by atoms with Crippen LogP contribution in [0.1, 0.15) is 30.1 Å². The van der Waals surface area contributed by atoms with E-state index in [4.69, 9.17) is 4.98 Å². The molecule has 4 nitrogen and oxygen atoms in total. The van der Waals surface area contributed by atoms with Gasteiger partial charge in [-0.15, -0.1) is 0 Å². The Balaban J connectivity index is 1.48. The van der Waals surface area contributed by atoms with E-state index >= 15 is 0 Å². The third-order valence-electron chi connectivity index (χ3n) is 4.77. The van der Waals surface area contributed by atoms with Crippen molar-refractivity contribution in [2.75, 3.05) is 13.1 Å². The molecule has 0 saturated carbocycles. The van der Waals surface area contributed by atoms with Crippen LogP contribution in [-0.4, -0.2) is 33.9 Å². The highest BCUT2D eigenvalue weighted by molar-refractivity contribution is 5.79. The Kier molecular flexibility index (Phi) is 4.03. The summed E-state index contributed by atoms with van der Waals surface area (Å²) in [7, 11) is 0. The average Bonchev–Trinajstić information content (AvgIpc) is 3.07. The zero-order chi connectivity index (χ0) is 16.4. The van der Waals surface area contributed by atoms with Crippen LogP contribution in [0, 0.1) is 0 Å². The number of fused-ring (bicyclic) bond motifs is 1. The molecular weight excluding hydrogens is 298 g/mol. The first kappa shape index (κ1) is 14.9. The fraction of sp³-hybridized carbons (Fsp3) is 0.300. The number of aromatic amines is 1. The van der Waals surface area contributed by atoms with Crippen molar-refractivity contribution in [3.63, 3.8) is 0 Å². The number of piperidine rings is 1. The van der Waals surface area contributed by atoms with Crippen LogP contribution in [0.5, 0.6) is 0 Å². The minimum Gasteiger partial charge on any atom is -0.342 e. The van der Waals surface area contributed by atoms with Crippen LogP contribution in [0.3, 0.4) is 0 Å². The molecule has 3 aromatic rings. The third kappa shape index (κ3) is 3.04. The first-order chi connectivity index (χ1) is 11.8. The fourth-order valence-corrected chi connectivity index (χ4v) is 3.48. The van der Waals surface area contributed by atoms with E-state index in [1.807, 2.05) is 59.5 Å². The van der Waals surface area contributed by atoms with Crippen molar-refractivity contribution in [3.8, 4) is 0 Å². The quantitative estimate of drug-likeness (QED) is 0.803. The highest BCUT2D eigenvalue weighted by Crippen LogP contribution is 2.27. The maximum Gasteiger partial charge on any atom is 0.227 e. The van der Waals surface area contributed by atoms with Gasteiger partial charge in [0.2, 0.25) is 5.91 Å². The van der Waals surface area contributed by atoms with Crippen molar-refractivity contribution >= 4 is 16.9 Å². The summed E-state index contributed by atoms with van der Waals surface area (Å²) in [5.41, 5.74) is 3.15. The Hall–Kier alpha value is -2.62. The van der Waals surface area contributed by atoms with Crippen LogP contribution in [0.25, 0.3) is 11.0 Å². The van der Waals surface area contributed by atoms with Crippen molar-refractivity contribution in [3.05, 3.63) is 66.0 Å². The summed E-state index contributed by atoms with van der Waals surface area (Å²) >= 11 is 0. The molecular formula is C20H21N3O. The zero-order valence-corrected chi connectivity index (χ0v) is 13.6. The molecule has 0 aliphatic carbocycles. The molecule has 1 atom stereocenters. The minimum absolute atomic E-state index is 0.210. The van der Waals surface area contributed by atoms with E-state index in [1.54, 1.807) is 0 Å². The molecule has 1 aromatic heterocycles. The van der Waals surface area contributed by atoms with Crippen LogP contribution < -0.4 is 0 Å². The average molecular weight is 319 g/mol. The molecule has 1 saturated heterocycles. The van der Waals surface area contributed by atoms with Gasteiger partial charge >= 0.3 is 0 Å². The molecule has 0 bridgehead atoms. The number of carbonyl (C=O) groups excluding carboxylic acids is 1. The molecule has 2 heterocycles. The molecule has 1 N–H and O–H groups in total. The number of hydrogen-bond acceptors (Lipinski definition) is 2. The van der Waals surface area contributed by atoms with Crippen molar-refractivity contribution in [1.29, 1.82) is 0 Å². The van der Waals surface area contributed by atoms with Gasteiger partial charge in [0.1, 0.15) is 5.82 Å². The number of rotatable bonds is 3. The number of hydrogen-bond donors (Lipinski definition) is 1. The van der Waals surface area contributed by atoms with E-state index in [1.165, 1.54) is 0 Å². The highest BCUT2D eigenvalue weighted by Gasteiger charge is 2.26. The maximum atomic E-state index is 12.6. The van der Waals surface area contributed by atoms with E-state index in [0.29, 0.717) is 12.3 Å². The number of carbonyl (C=O) groups is 1. The Morgan fingerprint density at radius 3 is 2.75 bits per heavy atom. The smallest absolute Gasteiger partial charge is 0.227 e. The van der Waals surface area contributed by atoms with E-state index in [0.717, 1.165) is 48.4 Å². The van der Waals surface area contributed by atoms with Gasteiger partial charge in [0, 0.05) is 19.0 Å². The van der Waals surface area contributed by atoms with Crippen molar-refractivity contribution in [2.45, 2.75) is 25.2 Å². The number of imidazole rings is 1. The number of aromatic nitrogens is 2. The number of amides is 1. The topological polar surface area (TPSA) is 49.0 Å². The molecule has 122 valence electrons. The predicted molar refractivity (Wildman–Crippen MR) is 94.8 cm³/mol. The van der Waals surface area contributed by atoms with Crippen molar-refractivity contribution in [1.82, 2.24) is 14.9 Å². The summed E-state index contributed by atoms with van der Waals surface area (Å²) in [6.45, 7) is 1.61. The molecule has 2 aromatic carbocycles. The SMILES string of the molecule is O=C(Cc1ccccc1)N1CCCC(c2nc3ccccc3[nH]2)C1. The zero-order valence-electron chi connectivity index (χ0n) is 13.6. The van der Waals surface area contributed by atoms with Gasteiger partial charge < -0.3 is 9.88 Å².